The van der Waals surface area contributed by atoms with Crippen LogP contribution in [0.1, 0.15) is 22.9 Å². The molecule has 0 aromatic carbocycles. The summed E-state index contributed by atoms with van der Waals surface area (Å²) in [6.45, 7) is 2.20. The van der Waals surface area contributed by atoms with Gasteiger partial charge in [0, 0.05) is 10.9 Å². The zero-order valence-electron chi connectivity index (χ0n) is 8.46. The molecule has 0 spiro atoms. The van der Waals surface area contributed by atoms with Crippen molar-refractivity contribution < 1.29 is 0 Å². The Morgan fingerprint density at radius 1 is 1.62 bits per heavy atom. The van der Waals surface area contributed by atoms with Gasteiger partial charge in [0.25, 0.3) is 0 Å². The maximum atomic E-state index is 3.37. The minimum absolute atomic E-state index is 0.540. The van der Waals surface area contributed by atoms with E-state index in [1.807, 2.05) is 30.1 Å². The quantitative estimate of drug-likeness (QED) is 0.810. The standard InChI is InChI=1S/C10H17NS2/c1-8-9(4-7-13-8)10(11-2)5-6-12-3/h4,7,10-11H,5-6H2,1-3H3. The highest BCUT2D eigenvalue weighted by atomic mass is 32.2. The SMILES string of the molecule is CNC(CCSC)c1ccsc1C. The number of nitrogens with one attached hydrogen (secondary N) is 1. The molecule has 0 saturated heterocycles. The molecule has 0 aliphatic carbocycles. The van der Waals surface area contributed by atoms with Gasteiger partial charge in [-0.3, -0.25) is 0 Å². The Balaban J connectivity index is 2.61. The Morgan fingerprint density at radius 3 is 2.85 bits per heavy atom. The number of aryl methyl sites for hydroxylation is 1. The van der Waals surface area contributed by atoms with Crippen LogP contribution in [0.3, 0.4) is 0 Å². The molecule has 0 saturated carbocycles. The second-order valence-electron chi connectivity index (χ2n) is 3.05. The van der Waals surface area contributed by atoms with E-state index in [0.717, 1.165) is 0 Å². The first-order valence-corrected chi connectivity index (χ1v) is 6.77. The Morgan fingerprint density at radius 2 is 2.38 bits per heavy atom. The molecule has 0 fully saturated rings. The zero-order chi connectivity index (χ0) is 9.68. The van der Waals surface area contributed by atoms with Crippen LogP contribution < -0.4 is 5.32 Å². The third kappa shape index (κ3) is 3.01. The summed E-state index contributed by atoms with van der Waals surface area (Å²) in [5.41, 5.74) is 1.47. The topological polar surface area (TPSA) is 12.0 Å². The smallest absolute Gasteiger partial charge is 0.0336 e. The maximum absolute atomic E-state index is 3.37. The fourth-order valence-corrected chi connectivity index (χ4v) is 2.68. The molecular weight excluding hydrogens is 198 g/mol. The largest absolute Gasteiger partial charge is 0.313 e. The van der Waals surface area contributed by atoms with Crippen molar-refractivity contribution in [1.82, 2.24) is 5.32 Å². The molecule has 1 aromatic heterocycles. The minimum atomic E-state index is 0.540. The highest BCUT2D eigenvalue weighted by molar-refractivity contribution is 7.98. The molecule has 1 rings (SSSR count). The van der Waals surface area contributed by atoms with Gasteiger partial charge >= 0.3 is 0 Å². The predicted octanol–water partition coefficient (Wildman–Crippen LogP) is 3.07. The van der Waals surface area contributed by atoms with E-state index in [-0.39, 0.29) is 0 Å². The second kappa shape index (κ2) is 5.68. The zero-order valence-corrected chi connectivity index (χ0v) is 10.1. The van der Waals surface area contributed by atoms with Gasteiger partial charge in [0.15, 0.2) is 0 Å². The van der Waals surface area contributed by atoms with Gasteiger partial charge in [-0.2, -0.15) is 11.8 Å². The number of thioether (sulfide) groups is 1. The first kappa shape index (κ1) is 11.1. The van der Waals surface area contributed by atoms with E-state index in [4.69, 9.17) is 0 Å². The molecule has 0 aliphatic heterocycles. The van der Waals surface area contributed by atoms with Crippen LogP contribution in [0.5, 0.6) is 0 Å². The molecule has 1 heterocycles. The van der Waals surface area contributed by atoms with Crippen LogP contribution in [0.4, 0.5) is 0 Å². The third-order valence-electron chi connectivity index (χ3n) is 2.23. The normalized spacial score (nSPS) is 13.2. The number of hydrogen-bond donors (Lipinski definition) is 1. The molecule has 1 nitrogen and oxygen atoms in total. The van der Waals surface area contributed by atoms with Crippen LogP contribution in [0, 0.1) is 6.92 Å². The van der Waals surface area contributed by atoms with E-state index in [0.29, 0.717) is 6.04 Å². The van der Waals surface area contributed by atoms with E-state index >= 15 is 0 Å². The number of rotatable bonds is 5. The summed E-state index contributed by atoms with van der Waals surface area (Å²) in [5, 5.41) is 5.55. The predicted molar refractivity (Wildman–Crippen MR) is 63.9 cm³/mol. The molecule has 1 aromatic rings. The first-order valence-electron chi connectivity index (χ1n) is 4.49. The van der Waals surface area contributed by atoms with Crippen LogP contribution in [0.15, 0.2) is 11.4 Å². The van der Waals surface area contributed by atoms with Crippen LogP contribution in [0.25, 0.3) is 0 Å². The van der Waals surface area contributed by atoms with Crippen LogP contribution in [-0.4, -0.2) is 19.1 Å². The van der Waals surface area contributed by atoms with Gasteiger partial charge < -0.3 is 5.32 Å². The number of hydrogen-bond acceptors (Lipinski definition) is 3. The van der Waals surface area contributed by atoms with Crippen molar-refractivity contribution in [3.05, 3.63) is 21.9 Å². The lowest BCUT2D eigenvalue weighted by atomic mass is 10.1. The van der Waals surface area contributed by atoms with Crippen LogP contribution in [-0.2, 0) is 0 Å². The van der Waals surface area contributed by atoms with Gasteiger partial charge in [0.2, 0.25) is 0 Å². The molecule has 1 atom stereocenters. The van der Waals surface area contributed by atoms with Crippen molar-refractivity contribution in [2.45, 2.75) is 19.4 Å². The molecule has 74 valence electrons. The fraction of sp³-hybridized carbons (Fsp3) is 0.600. The summed E-state index contributed by atoms with van der Waals surface area (Å²) < 4.78 is 0. The lowest BCUT2D eigenvalue weighted by Gasteiger charge is -2.15. The summed E-state index contributed by atoms with van der Waals surface area (Å²) in [6, 6.07) is 2.78. The van der Waals surface area contributed by atoms with Crippen LogP contribution >= 0.6 is 23.1 Å². The van der Waals surface area contributed by atoms with Crippen molar-refractivity contribution in [1.29, 1.82) is 0 Å². The summed E-state index contributed by atoms with van der Waals surface area (Å²) in [6.07, 6.45) is 3.38. The van der Waals surface area contributed by atoms with E-state index in [9.17, 15) is 0 Å². The van der Waals surface area contributed by atoms with Crippen molar-refractivity contribution >= 4 is 23.1 Å². The third-order valence-corrected chi connectivity index (χ3v) is 3.74. The average Bonchev–Trinajstić information content (AvgIpc) is 2.54. The average molecular weight is 215 g/mol. The van der Waals surface area contributed by atoms with Gasteiger partial charge in [-0.25, -0.2) is 0 Å². The van der Waals surface area contributed by atoms with E-state index in [1.165, 1.54) is 22.6 Å². The second-order valence-corrected chi connectivity index (χ2v) is 5.16. The van der Waals surface area contributed by atoms with E-state index in [2.05, 4.69) is 29.9 Å². The molecule has 3 heteroatoms. The molecule has 1 N–H and O–H groups in total. The molecule has 0 aliphatic rings. The molecule has 1 unspecified atom stereocenters. The lowest BCUT2D eigenvalue weighted by Crippen LogP contribution is -2.17. The van der Waals surface area contributed by atoms with Gasteiger partial charge in [0.05, 0.1) is 0 Å². The molecule has 0 radical (unpaired) electrons. The molecule has 0 amide bonds. The van der Waals surface area contributed by atoms with Gasteiger partial charge in [0.1, 0.15) is 0 Å². The Labute approximate surface area is 88.9 Å². The maximum Gasteiger partial charge on any atom is 0.0336 e. The Hall–Kier alpha value is 0.01000. The van der Waals surface area contributed by atoms with Gasteiger partial charge in [-0.05, 0) is 49.4 Å². The molecule has 13 heavy (non-hydrogen) atoms. The first-order chi connectivity index (χ1) is 6.29. The molecular formula is C10H17NS2. The van der Waals surface area contributed by atoms with Crippen molar-refractivity contribution in [2.75, 3.05) is 19.1 Å². The minimum Gasteiger partial charge on any atom is -0.313 e. The Kier molecular flexibility index (Phi) is 4.84. The monoisotopic (exact) mass is 215 g/mol. The highest BCUT2D eigenvalue weighted by Crippen LogP contribution is 2.25. The van der Waals surface area contributed by atoms with Gasteiger partial charge in [-0.1, -0.05) is 0 Å². The highest BCUT2D eigenvalue weighted by Gasteiger charge is 2.11. The van der Waals surface area contributed by atoms with Crippen molar-refractivity contribution in [2.24, 2.45) is 0 Å². The van der Waals surface area contributed by atoms with Crippen molar-refractivity contribution in [3.8, 4) is 0 Å². The van der Waals surface area contributed by atoms with E-state index in [1.54, 1.807) is 0 Å². The summed E-state index contributed by atoms with van der Waals surface area (Å²) in [4.78, 5) is 1.44. The van der Waals surface area contributed by atoms with E-state index < -0.39 is 0 Å². The lowest BCUT2D eigenvalue weighted by molar-refractivity contribution is 0.581. The fourth-order valence-electron chi connectivity index (χ4n) is 1.45. The van der Waals surface area contributed by atoms with Crippen molar-refractivity contribution in [3.63, 3.8) is 0 Å². The summed E-state index contributed by atoms with van der Waals surface area (Å²) >= 11 is 3.75. The summed E-state index contributed by atoms with van der Waals surface area (Å²) in [5.74, 6) is 1.22. The molecule has 0 bridgehead atoms. The Bertz CT molecular complexity index is 245. The number of thiophene rings is 1. The summed E-state index contributed by atoms with van der Waals surface area (Å²) in [7, 11) is 2.04. The van der Waals surface area contributed by atoms with Crippen LogP contribution in [0.2, 0.25) is 0 Å². The van der Waals surface area contributed by atoms with Gasteiger partial charge in [-0.15, -0.1) is 11.3 Å².